The predicted octanol–water partition coefficient (Wildman–Crippen LogP) is 2.64. The van der Waals surface area contributed by atoms with Crippen LogP contribution >= 0.6 is 11.8 Å². The summed E-state index contributed by atoms with van der Waals surface area (Å²) in [5, 5.41) is 20.5. The second kappa shape index (κ2) is 9.40. The Labute approximate surface area is 124 Å². The molecule has 0 saturated carbocycles. The van der Waals surface area contributed by atoms with Gasteiger partial charge in [-0.3, -0.25) is 4.79 Å². The van der Waals surface area contributed by atoms with Crippen molar-refractivity contribution in [3.8, 4) is 6.07 Å². The third-order valence-corrected chi connectivity index (χ3v) is 4.06. The summed E-state index contributed by atoms with van der Waals surface area (Å²) in [5.41, 5.74) is 1.20. The third kappa shape index (κ3) is 6.60. The lowest BCUT2D eigenvalue weighted by atomic mass is 10.2. The van der Waals surface area contributed by atoms with Gasteiger partial charge in [0.2, 0.25) is 5.91 Å². The lowest BCUT2D eigenvalue weighted by Crippen LogP contribution is -2.11. The minimum atomic E-state index is -0.0316. The van der Waals surface area contributed by atoms with Gasteiger partial charge < -0.3 is 10.4 Å². The number of hydrogen-bond donors (Lipinski definition) is 2. The van der Waals surface area contributed by atoms with Crippen molar-refractivity contribution in [3.05, 3.63) is 29.8 Å². The number of thioether (sulfide) groups is 1. The number of carbonyl (C=O) groups is 1. The fourth-order valence-electron chi connectivity index (χ4n) is 1.56. The fourth-order valence-corrected chi connectivity index (χ4v) is 2.58. The highest BCUT2D eigenvalue weighted by molar-refractivity contribution is 7.99. The number of aliphatic hydroxyl groups excluding tert-OH is 1. The Balaban J connectivity index is 2.22. The molecule has 0 radical (unpaired) electrons. The molecule has 1 atom stereocenters. The molecule has 1 aromatic rings. The molecule has 1 rings (SSSR count). The van der Waals surface area contributed by atoms with Gasteiger partial charge in [0, 0.05) is 18.7 Å². The van der Waals surface area contributed by atoms with E-state index in [0.717, 1.165) is 17.9 Å². The zero-order valence-electron chi connectivity index (χ0n) is 11.6. The molecule has 0 spiro atoms. The van der Waals surface area contributed by atoms with Crippen molar-refractivity contribution in [1.29, 1.82) is 5.26 Å². The number of amides is 1. The molecule has 0 fully saturated rings. The Bertz CT molecular complexity index is 471. The monoisotopic (exact) mass is 292 g/mol. The van der Waals surface area contributed by atoms with E-state index in [4.69, 9.17) is 10.4 Å². The Hall–Kier alpha value is -1.51. The Morgan fingerprint density at radius 1 is 1.55 bits per heavy atom. The van der Waals surface area contributed by atoms with Gasteiger partial charge in [0.1, 0.15) is 0 Å². The standard InChI is InChI=1S/C15H20N2O2S/c1-12(10-18)11-20-7-3-6-15(19)17-14-5-2-4-13(8-14)9-16/h2,4-5,8,12,18H,3,6-7,10-11H2,1H3,(H,17,19). The van der Waals surface area contributed by atoms with Crippen molar-refractivity contribution in [3.63, 3.8) is 0 Å². The molecule has 1 amide bonds. The highest BCUT2D eigenvalue weighted by atomic mass is 32.2. The van der Waals surface area contributed by atoms with Gasteiger partial charge in [-0.15, -0.1) is 0 Å². The maximum atomic E-state index is 11.7. The number of hydrogen-bond acceptors (Lipinski definition) is 4. The van der Waals surface area contributed by atoms with Crippen LogP contribution in [0.1, 0.15) is 25.3 Å². The van der Waals surface area contributed by atoms with Crippen molar-refractivity contribution >= 4 is 23.4 Å². The second-order valence-corrected chi connectivity index (χ2v) is 5.86. The van der Waals surface area contributed by atoms with Crippen molar-refractivity contribution in [2.75, 3.05) is 23.4 Å². The maximum Gasteiger partial charge on any atom is 0.224 e. The van der Waals surface area contributed by atoms with E-state index in [9.17, 15) is 4.79 Å². The molecule has 0 aliphatic carbocycles. The number of nitrogens with zero attached hydrogens (tertiary/aromatic N) is 1. The van der Waals surface area contributed by atoms with Crippen LogP contribution in [0.15, 0.2) is 24.3 Å². The summed E-state index contributed by atoms with van der Waals surface area (Å²) in [6, 6.07) is 8.93. The first-order valence-corrected chi connectivity index (χ1v) is 7.79. The fraction of sp³-hybridized carbons (Fsp3) is 0.467. The molecule has 0 heterocycles. The van der Waals surface area contributed by atoms with E-state index in [1.165, 1.54) is 0 Å². The molecular formula is C15H20N2O2S. The van der Waals surface area contributed by atoms with Crippen LogP contribution in [0.2, 0.25) is 0 Å². The number of aliphatic hydroxyl groups is 1. The molecule has 108 valence electrons. The van der Waals surface area contributed by atoms with E-state index < -0.39 is 0 Å². The zero-order chi connectivity index (χ0) is 14.8. The first-order chi connectivity index (χ1) is 9.65. The maximum absolute atomic E-state index is 11.7. The molecular weight excluding hydrogens is 272 g/mol. The Morgan fingerprint density at radius 3 is 3.05 bits per heavy atom. The molecule has 2 N–H and O–H groups in total. The third-order valence-electron chi connectivity index (χ3n) is 2.68. The summed E-state index contributed by atoms with van der Waals surface area (Å²) in [6.45, 7) is 2.21. The molecule has 0 saturated heterocycles. The molecule has 4 nitrogen and oxygen atoms in total. The average Bonchev–Trinajstić information content (AvgIpc) is 2.46. The van der Waals surface area contributed by atoms with Crippen molar-refractivity contribution in [1.82, 2.24) is 0 Å². The van der Waals surface area contributed by atoms with Gasteiger partial charge in [-0.05, 0) is 42.0 Å². The SMILES string of the molecule is CC(CO)CSCCCC(=O)Nc1cccc(C#N)c1. The average molecular weight is 292 g/mol. The van der Waals surface area contributed by atoms with Crippen LogP contribution < -0.4 is 5.32 Å². The van der Waals surface area contributed by atoms with Crippen molar-refractivity contribution < 1.29 is 9.90 Å². The van der Waals surface area contributed by atoms with E-state index >= 15 is 0 Å². The topological polar surface area (TPSA) is 73.1 Å². The van der Waals surface area contributed by atoms with E-state index in [2.05, 4.69) is 5.32 Å². The highest BCUT2D eigenvalue weighted by Gasteiger charge is 2.04. The van der Waals surface area contributed by atoms with Gasteiger partial charge in [-0.25, -0.2) is 0 Å². The van der Waals surface area contributed by atoms with Gasteiger partial charge in [0.05, 0.1) is 11.6 Å². The van der Waals surface area contributed by atoms with Gasteiger partial charge in [-0.1, -0.05) is 13.0 Å². The summed E-state index contributed by atoms with van der Waals surface area (Å²) >= 11 is 1.76. The number of carbonyl (C=O) groups excluding carboxylic acids is 1. The van der Waals surface area contributed by atoms with Gasteiger partial charge >= 0.3 is 0 Å². The Kier molecular flexibility index (Phi) is 7.78. The summed E-state index contributed by atoms with van der Waals surface area (Å²) in [4.78, 5) is 11.7. The highest BCUT2D eigenvalue weighted by Crippen LogP contribution is 2.12. The largest absolute Gasteiger partial charge is 0.396 e. The number of anilines is 1. The van der Waals surface area contributed by atoms with E-state index in [1.54, 1.807) is 36.0 Å². The van der Waals surface area contributed by atoms with Crippen molar-refractivity contribution in [2.24, 2.45) is 5.92 Å². The Morgan fingerprint density at radius 2 is 2.35 bits per heavy atom. The zero-order valence-corrected chi connectivity index (χ0v) is 12.4. The van der Waals surface area contributed by atoms with Crippen molar-refractivity contribution in [2.45, 2.75) is 19.8 Å². The minimum absolute atomic E-state index is 0.0316. The van der Waals surface area contributed by atoms with Crippen LogP contribution in [0.5, 0.6) is 0 Å². The molecule has 0 aliphatic heterocycles. The molecule has 0 bridgehead atoms. The summed E-state index contributed by atoms with van der Waals surface area (Å²) in [5.74, 6) is 2.11. The van der Waals surface area contributed by atoms with Crippen LogP contribution in [0.25, 0.3) is 0 Å². The smallest absolute Gasteiger partial charge is 0.224 e. The van der Waals surface area contributed by atoms with Gasteiger partial charge in [-0.2, -0.15) is 17.0 Å². The molecule has 20 heavy (non-hydrogen) atoms. The molecule has 0 aliphatic rings. The second-order valence-electron chi connectivity index (χ2n) is 4.71. The first kappa shape index (κ1) is 16.5. The summed E-state index contributed by atoms with van der Waals surface area (Å²) < 4.78 is 0. The number of nitriles is 1. The molecule has 0 aromatic heterocycles. The van der Waals surface area contributed by atoms with Crippen LogP contribution in [-0.4, -0.2) is 29.1 Å². The number of benzene rings is 1. The lowest BCUT2D eigenvalue weighted by molar-refractivity contribution is -0.116. The summed E-state index contributed by atoms with van der Waals surface area (Å²) in [6.07, 6.45) is 1.28. The molecule has 1 unspecified atom stereocenters. The lowest BCUT2D eigenvalue weighted by Gasteiger charge is -2.07. The quantitative estimate of drug-likeness (QED) is 0.722. The van der Waals surface area contributed by atoms with Crippen LogP contribution in [0.4, 0.5) is 5.69 Å². The van der Waals surface area contributed by atoms with Gasteiger partial charge in [0.15, 0.2) is 0 Å². The van der Waals surface area contributed by atoms with Crippen LogP contribution in [-0.2, 0) is 4.79 Å². The summed E-state index contributed by atoms with van der Waals surface area (Å²) in [7, 11) is 0. The van der Waals surface area contributed by atoms with E-state index in [-0.39, 0.29) is 12.5 Å². The van der Waals surface area contributed by atoms with Crippen LogP contribution in [0.3, 0.4) is 0 Å². The normalized spacial score (nSPS) is 11.7. The predicted molar refractivity (Wildman–Crippen MR) is 82.6 cm³/mol. The first-order valence-electron chi connectivity index (χ1n) is 6.64. The van der Waals surface area contributed by atoms with E-state index in [0.29, 0.717) is 23.6 Å². The molecule has 5 heteroatoms. The van der Waals surface area contributed by atoms with Gasteiger partial charge in [0.25, 0.3) is 0 Å². The molecule has 1 aromatic carbocycles. The number of nitrogens with one attached hydrogen (secondary N) is 1. The minimum Gasteiger partial charge on any atom is -0.396 e. The van der Waals surface area contributed by atoms with E-state index in [1.807, 2.05) is 13.0 Å². The van der Waals surface area contributed by atoms with Crippen LogP contribution in [0, 0.1) is 17.2 Å². The number of rotatable bonds is 8.